The van der Waals surface area contributed by atoms with E-state index in [2.05, 4.69) is 13.8 Å². The summed E-state index contributed by atoms with van der Waals surface area (Å²) in [6, 6.07) is 0. The van der Waals surface area contributed by atoms with Crippen molar-refractivity contribution in [3.8, 4) is 0 Å². The topological polar surface area (TPSA) is 26.3 Å². The zero-order valence-electron chi connectivity index (χ0n) is 8.19. The van der Waals surface area contributed by atoms with Gasteiger partial charge in [0, 0.05) is 5.92 Å². The second-order valence-electron chi connectivity index (χ2n) is 5.10. The largest absolute Gasteiger partial charge is 0.465 e. The van der Waals surface area contributed by atoms with E-state index in [-0.39, 0.29) is 11.9 Å². The normalized spacial score (nSPS) is 58.2. The van der Waals surface area contributed by atoms with Gasteiger partial charge in [0.25, 0.3) is 0 Å². The van der Waals surface area contributed by atoms with E-state index < -0.39 is 0 Å². The molecule has 0 radical (unpaired) electrons. The van der Waals surface area contributed by atoms with Crippen LogP contribution in [0.15, 0.2) is 0 Å². The van der Waals surface area contributed by atoms with Crippen molar-refractivity contribution in [2.75, 3.05) is 6.61 Å². The maximum absolute atomic E-state index is 11.5. The summed E-state index contributed by atoms with van der Waals surface area (Å²) >= 11 is 0. The van der Waals surface area contributed by atoms with Gasteiger partial charge in [-0.05, 0) is 30.1 Å². The Morgan fingerprint density at radius 2 is 1.85 bits per heavy atom. The number of hydrogen-bond acceptors (Lipinski definition) is 2. The summed E-state index contributed by atoms with van der Waals surface area (Å²) in [5.74, 6) is 3.89. The molecule has 6 unspecified atom stereocenters. The van der Waals surface area contributed by atoms with Gasteiger partial charge in [-0.1, -0.05) is 13.8 Å². The summed E-state index contributed by atoms with van der Waals surface area (Å²) in [7, 11) is 0. The van der Waals surface area contributed by atoms with E-state index in [4.69, 9.17) is 4.74 Å². The van der Waals surface area contributed by atoms with Gasteiger partial charge in [0.15, 0.2) is 0 Å². The van der Waals surface area contributed by atoms with Crippen molar-refractivity contribution in [2.45, 2.75) is 20.3 Å². The molecule has 2 nitrogen and oxygen atoms in total. The summed E-state index contributed by atoms with van der Waals surface area (Å²) < 4.78 is 5.16. The van der Waals surface area contributed by atoms with Crippen LogP contribution in [0.25, 0.3) is 0 Å². The first-order valence-electron chi connectivity index (χ1n) is 5.37. The lowest BCUT2D eigenvalue weighted by Crippen LogP contribution is -2.32. The smallest absolute Gasteiger partial charge is 0.309 e. The van der Waals surface area contributed by atoms with Gasteiger partial charge >= 0.3 is 5.97 Å². The Balaban J connectivity index is 1.96. The Hall–Kier alpha value is -0.530. The molecule has 0 N–H and O–H groups in total. The minimum absolute atomic E-state index is 0.0938. The average molecular weight is 180 g/mol. The molecule has 2 bridgehead atoms. The molecule has 3 rings (SSSR count). The maximum Gasteiger partial charge on any atom is 0.309 e. The standard InChI is InChI=1S/C11H16O2/c1-5-6(2)8-3-7(5)9-4-13-11(12)10(8)9/h5-10H,3-4H2,1-2H3. The van der Waals surface area contributed by atoms with Crippen LogP contribution in [0.3, 0.4) is 0 Å². The second kappa shape index (κ2) is 2.28. The van der Waals surface area contributed by atoms with E-state index in [1.165, 1.54) is 6.42 Å². The van der Waals surface area contributed by atoms with Gasteiger partial charge in [0.2, 0.25) is 0 Å². The first-order valence-corrected chi connectivity index (χ1v) is 5.37. The fourth-order valence-electron chi connectivity index (χ4n) is 4.00. The highest BCUT2D eigenvalue weighted by atomic mass is 16.5. The van der Waals surface area contributed by atoms with Crippen LogP contribution in [0.4, 0.5) is 0 Å². The molecule has 6 atom stereocenters. The molecule has 3 aliphatic rings. The van der Waals surface area contributed by atoms with Crippen molar-refractivity contribution in [3.05, 3.63) is 0 Å². The zero-order valence-corrected chi connectivity index (χ0v) is 8.19. The first-order chi connectivity index (χ1) is 6.20. The van der Waals surface area contributed by atoms with Crippen LogP contribution in [0.1, 0.15) is 20.3 Å². The molecule has 0 spiro atoms. The minimum Gasteiger partial charge on any atom is -0.465 e. The molecule has 2 aliphatic carbocycles. The third-order valence-electron chi connectivity index (χ3n) is 4.89. The zero-order chi connectivity index (χ0) is 9.16. The number of rotatable bonds is 0. The Labute approximate surface area is 78.6 Å². The summed E-state index contributed by atoms with van der Waals surface area (Å²) in [6.45, 7) is 5.35. The number of hydrogen-bond donors (Lipinski definition) is 0. The lowest BCUT2D eigenvalue weighted by atomic mass is 9.71. The lowest BCUT2D eigenvalue weighted by Gasteiger charge is -2.31. The monoisotopic (exact) mass is 180 g/mol. The summed E-state index contributed by atoms with van der Waals surface area (Å²) in [5, 5.41) is 0. The Morgan fingerprint density at radius 1 is 1.15 bits per heavy atom. The highest BCUT2D eigenvalue weighted by molar-refractivity contribution is 5.76. The molecular weight excluding hydrogens is 164 g/mol. The summed E-state index contributed by atoms with van der Waals surface area (Å²) in [4.78, 5) is 11.5. The molecule has 0 aromatic rings. The Kier molecular flexibility index (Phi) is 1.38. The molecule has 1 heterocycles. The van der Waals surface area contributed by atoms with Gasteiger partial charge in [0.1, 0.15) is 0 Å². The van der Waals surface area contributed by atoms with Crippen molar-refractivity contribution >= 4 is 5.97 Å². The van der Waals surface area contributed by atoms with Crippen molar-refractivity contribution < 1.29 is 9.53 Å². The fourth-order valence-corrected chi connectivity index (χ4v) is 4.00. The van der Waals surface area contributed by atoms with E-state index in [0.717, 1.165) is 17.8 Å². The van der Waals surface area contributed by atoms with Crippen LogP contribution in [0.5, 0.6) is 0 Å². The molecule has 0 amide bonds. The van der Waals surface area contributed by atoms with Crippen molar-refractivity contribution in [1.29, 1.82) is 0 Å². The average Bonchev–Trinajstić information content (AvgIpc) is 2.70. The summed E-state index contributed by atoms with van der Waals surface area (Å²) in [5.41, 5.74) is 0. The number of cyclic esters (lactones) is 1. The number of esters is 1. The van der Waals surface area contributed by atoms with Crippen LogP contribution < -0.4 is 0 Å². The molecule has 1 aliphatic heterocycles. The van der Waals surface area contributed by atoms with Crippen LogP contribution >= 0.6 is 0 Å². The Bertz CT molecular complexity index is 261. The number of carbonyl (C=O) groups excluding carboxylic acids is 1. The van der Waals surface area contributed by atoms with Gasteiger partial charge < -0.3 is 4.74 Å². The number of fused-ring (bicyclic) bond motifs is 5. The SMILES string of the molecule is CC1C(C)C2CC1C1COC(=O)C21. The van der Waals surface area contributed by atoms with E-state index in [0.29, 0.717) is 18.4 Å². The van der Waals surface area contributed by atoms with Crippen LogP contribution in [0, 0.1) is 35.5 Å². The Morgan fingerprint density at radius 3 is 2.62 bits per heavy atom. The third kappa shape index (κ3) is 0.773. The highest BCUT2D eigenvalue weighted by Crippen LogP contribution is 2.60. The molecular formula is C11H16O2. The van der Waals surface area contributed by atoms with Gasteiger partial charge in [-0.3, -0.25) is 4.79 Å². The van der Waals surface area contributed by atoms with Gasteiger partial charge in [-0.15, -0.1) is 0 Å². The molecule has 2 heteroatoms. The number of ether oxygens (including phenoxy) is 1. The minimum atomic E-state index is 0.0938. The third-order valence-corrected chi connectivity index (χ3v) is 4.89. The van der Waals surface area contributed by atoms with E-state index in [9.17, 15) is 4.79 Å². The molecule has 1 saturated heterocycles. The molecule has 13 heavy (non-hydrogen) atoms. The molecule has 72 valence electrons. The van der Waals surface area contributed by atoms with E-state index in [1.54, 1.807) is 0 Å². The highest BCUT2D eigenvalue weighted by Gasteiger charge is 2.60. The van der Waals surface area contributed by atoms with Crippen LogP contribution in [-0.4, -0.2) is 12.6 Å². The van der Waals surface area contributed by atoms with Gasteiger partial charge in [0.05, 0.1) is 12.5 Å². The molecule has 0 aromatic heterocycles. The molecule has 3 fully saturated rings. The van der Waals surface area contributed by atoms with Crippen LogP contribution in [0.2, 0.25) is 0 Å². The molecule has 0 aromatic carbocycles. The predicted octanol–water partition coefficient (Wildman–Crippen LogP) is 1.70. The predicted molar refractivity (Wildman–Crippen MR) is 47.9 cm³/mol. The van der Waals surface area contributed by atoms with Crippen LogP contribution in [-0.2, 0) is 9.53 Å². The van der Waals surface area contributed by atoms with Gasteiger partial charge in [-0.2, -0.15) is 0 Å². The van der Waals surface area contributed by atoms with Crippen molar-refractivity contribution in [1.82, 2.24) is 0 Å². The van der Waals surface area contributed by atoms with Gasteiger partial charge in [-0.25, -0.2) is 0 Å². The molecule has 2 saturated carbocycles. The van der Waals surface area contributed by atoms with Crippen molar-refractivity contribution in [3.63, 3.8) is 0 Å². The fraction of sp³-hybridized carbons (Fsp3) is 0.909. The maximum atomic E-state index is 11.5. The summed E-state index contributed by atoms with van der Waals surface area (Å²) in [6.07, 6.45) is 1.28. The van der Waals surface area contributed by atoms with E-state index >= 15 is 0 Å². The second-order valence-corrected chi connectivity index (χ2v) is 5.10. The quantitative estimate of drug-likeness (QED) is 0.530. The number of carbonyl (C=O) groups is 1. The van der Waals surface area contributed by atoms with Crippen molar-refractivity contribution in [2.24, 2.45) is 35.5 Å². The first kappa shape index (κ1) is 7.84. The lowest BCUT2D eigenvalue weighted by molar-refractivity contribution is -0.143. The van der Waals surface area contributed by atoms with E-state index in [1.807, 2.05) is 0 Å².